The van der Waals surface area contributed by atoms with Gasteiger partial charge in [-0.2, -0.15) is 0 Å². The van der Waals surface area contributed by atoms with Crippen molar-refractivity contribution in [2.24, 2.45) is 0 Å². The maximum atomic E-state index is 2.36. The van der Waals surface area contributed by atoms with Crippen LogP contribution >= 0.6 is 0 Å². The first kappa shape index (κ1) is 18.5. The van der Waals surface area contributed by atoms with Crippen molar-refractivity contribution in [2.75, 3.05) is 0 Å². The number of hydrogen-bond acceptors (Lipinski definition) is 0. The van der Waals surface area contributed by atoms with Gasteiger partial charge in [-0.05, 0) is 98.2 Å². The molecule has 0 saturated heterocycles. The fourth-order valence-corrected chi connectivity index (χ4v) is 3.46. The molecular formula is C26H30. The van der Waals surface area contributed by atoms with Gasteiger partial charge in [0.2, 0.25) is 0 Å². The normalized spacial score (nSPS) is 10.9. The van der Waals surface area contributed by atoms with Crippen molar-refractivity contribution < 1.29 is 0 Å². The van der Waals surface area contributed by atoms with Crippen molar-refractivity contribution in [1.29, 1.82) is 0 Å². The van der Waals surface area contributed by atoms with E-state index in [4.69, 9.17) is 0 Å². The molecule has 3 aromatic carbocycles. The topological polar surface area (TPSA) is 0 Å². The molecule has 0 aliphatic heterocycles. The molecule has 0 radical (unpaired) electrons. The van der Waals surface area contributed by atoms with Gasteiger partial charge in [0.05, 0.1) is 0 Å². The lowest BCUT2D eigenvalue weighted by Crippen LogP contribution is -1.87. The Labute approximate surface area is 158 Å². The predicted molar refractivity (Wildman–Crippen MR) is 117 cm³/mol. The van der Waals surface area contributed by atoms with Crippen LogP contribution < -0.4 is 0 Å². The minimum atomic E-state index is 1.11. The van der Waals surface area contributed by atoms with Gasteiger partial charge < -0.3 is 0 Å². The Kier molecular flexibility index (Phi) is 5.93. The van der Waals surface area contributed by atoms with Crippen LogP contribution in [0.4, 0.5) is 0 Å². The van der Waals surface area contributed by atoms with Crippen LogP contribution in [0, 0.1) is 0 Å². The number of rotatable bonds is 6. The van der Waals surface area contributed by atoms with E-state index in [1.165, 1.54) is 43.8 Å². The Balaban J connectivity index is 1.87. The van der Waals surface area contributed by atoms with Gasteiger partial charge in [-0.3, -0.25) is 0 Å². The van der Waals surface area contributed by atoms with Crippen LogP contribution in [0.15, 0.2) is 71.8 Å². The number of fused-ring (bicyclic) bond motifs is 2. The van der Waals surface area contributed by atoms with Crippen molar-refractivity contribution in [3.05, 3.63) is 83.0 Å². The standard InChI is InChI=1S/C26H30/c1-19(2)7-5-9-21-11-13-23-17-24-14-12-22(10-6-8-20(3)4)16-26(24)18-25(23)15-21/h7-8,11-18H,5-6,9-10H2,1-4H3. The molecule has 0 saturated carbocycles. The molecule has 0 fully saturated rings. The smallest absolute Gasteiger partial charge is 0.0175 e. The zero-order valence-electron chi connectivity index (χ0n) is 16.6. The van der Waals surface area contributed by atoms with Crippen molar-refractivity contribution >= 4 is 21.5 Å². The second kappa shape index (κ2) is 8.36. The van der Waals surface area contributed by atoms with E-state index in [1.807, 2.05) is 0 Å². The first-order chi connectivity index (χ1) is 12.5. The maximum Gasteiger partial charge on any atom is -0.0175 e. The lowest BCUT2D eigenvalue weighted by molar-refractivity contribution is 0.990. The molecule has 0 aliphatic rings. The second-order valence-corrected chi connectivity index (χ2v) is 7.86. The van der Waals surface area contributed by atoms with E-state index < -0.39 is 0 Å². The van der Waals surface area contributed by atoms with Crippen LogP contribution in [0.2, 0.25) is 0 Å². The largest absolute Gasteiger partial charge is 0.0856 e. The van der Waals surface area contributed by atoms with E-state index in [2.05, 4.69) is 88.4 Å². The lowest BCUT2D eigenvalue weighted by atomic mass is 9.97. The first-order valence-electron chi connectivity index (χ1n) is 9.73. The molecule has 134 valence electrons. The third-order valence-electron chi connectivity index (χ3n) is 4.90. The third-order valence-corrected chi connectivity index (χ3v) is 4.90. The maximum absolute atomic E-state index is 2.36. The summed E-state index contributed by atoms with van der Waals surface area (Å²) in [4.78, 5) is 0. The molecular weight excluding hydrogens is 312 g/mol. The first-order valence-corrected chi connectivity index (χ1v) is 9.73. The Morgan fingerprint density at radius 1 is 0.577 bits per heavy atom. The third kappa shape index (κ3) is 4.85. The summed E-state index contributed by atoms with van der Waals surface area (Å²) < 4.78 is 0. The quantitative estimate of drug-likeness (QED) is 0.317. The molecule has 0 amide bonds. The summed E-state index contributed by atoms with van der Waals surface area (Å²) in [5.41, 5.74) is 5.65. The van der Waals surface area contributed by atoms with Gasteiger partial charge in [0.15, 0.2) is 0 Å². The molecule has 0 bridgehead atoms. The van der Waals surface area contributed by atoms with Crippen molar-refractivity contribution in [3.8, 4) is 0 Å². The van der Waals surface area contributed by atoms with E-state index in [9.17, 15) is 0 Å². The van der Waals surface area contributed by atoms with Gasteiger partial charge in [-0.15, -0.1) is 0 Å². The Bertz CT molecular complexity index is 885. The highest BCUT2D eigenvalue weighted by Gasteiger charge is 2.02. The van der Waals surface area contributed by atoms with E-state index in [1.54, 1.807) is 0 Å². The van der Waals surface area contributed by atoms with E-state index in [0.29, 0.717) is 0 Å². The molecule has 0 N–H and O–H groups in total. The number of aryl methyl sites for hydroxylation is 2. The molecule has 0 atom stereocenters. The Morgan fingerprint density at radius 3 is 1.42 bits per heavy atom. The number of allylic oxidation sites excluding steroid dienone is 4. The van der Waals surface area contributed by atoms with E-state index in [-0.39, 0.29) is 0 Å². The molecule has 0 heterocycles. The zero-order valence-corrected chi connectivity index (χ0v) is 16.6. The van der Waals surface area contributed by atoms with Gasteiger partial charge >= 0.3 is 0 Å². The zero-order chi connectivity index (χ0) is 18.5. The highest BCUT2D eigenvalue weighted by Crippen LogP contribution is 2.25. The number of benzene rings is 3. The van der Waals surface area contributed by atoms with Crippen LogP contribution in [0.3, 0.4) is 0 Å². The molecule has 3 aromatic rings. The fourth-order valence-electron chi connectivity index (χ4n) is 3.46. The highest BCUT2D eigenvalue weighted by molar-refractivity contribution is 5.98. The predicted octanol–water partition coefficient (Wildman–Crippen LogP) is 7.79. The molecule has 0 aromatic heterocycles. The fraction of sp³-hybridized carbons (Fsp3) is 0.308. The average molecular weight is 343 g/mol. The number of hydrogen-bond donors (Lipinski definition) is 0. The summed E-state index contributed by atoms with van der Waals surface area (Å²) in [5.74, 6) is 0. The van der Waals surface area contributed by atoms with Gasteiger partial charge in [0, 0.05) is 0 Å². The van der Waals surface area contributed by atoms with Crippen molar-refractivity contribution in [1.82, 2.24) is 0 Å². The van der Waals surface area contributed by atoms with Gasteiger partial charge in [0.25, 0.3) is 0 Å². The SMILES string of the molecule is CC(C)=CCCc1ccc2cc3ccc(CCC=C(C)C)cc3cc2c1. The highest BCUT2D eigenvalue weighted by atomic mass is 14.1. The molecule has 0 spiro atoms. The van der Waals surface area contributed by atoms with Crippen LogP contribution in [0.5, 0.6) is 0 Å². The van der Waals surface area contributed by atoms with Crippen molar-refractivity contribution in [2.45, 2.75) is 53.4 Å². The van der Waals surface area contributed by atoms with Crippen LogP contribution in [0.1, 0.15) is 51.7 Å². The average Bonchev–Trinajstić information content (AvgIpc) is 2.59. The van der Waals surface area contributed by atoms with Crippen LogP contribution in [-0.2, 0) is 12.8 Å². The van der Waals surface area contributed by atoms with Crippen LogP contribution in [-0.4, -0.2) is 0 Å². The minimum absolute atomic E-state index is 1.11. The minimum Gasteiger partial charge on any atom is -0.0856 e. The second-order valence-electron chi connectivity index (χ2n) is 7.86. The summed E-state index contributed by atoms with van der Waals surface area (Å²) in [6.07, 6.45) is 9.11. The summed E-state index contributed by atoms with van der Waals surface area (Å²) in [5, 5.41) is 5.38. The Morgan fingerprint density at radius 2 is 1.00 bits per heavy atom. The molecule has 3 rings (SSSR count). The monoisotopic (exact) mass is 342 g/mol. The molecule has 0 unspecified atom stereocenters. The van der Waals surface area contributed by atoms with Crippen molar-refractivity contribution in [3.63, 3.8) is 0 Å². The molecule has 0 aliphatic carbocycles. The Hall–Kier alpha value is -2.34. The molecule has 0 nitrogen and oxygen atoms in total. The molecule has 26 heavy (non-hydrogen) atoms. The lowest BCUT2D eigenvalue weighted by Gasteiger charge is -2.07. The van der Waals surface area contributed by atoms with Gasteiger partial charge in [0.1, 0.15) is 0 Å². The van der Waals surface area contributed by atoms with E-state index >= 15 is 0 Å². The summed E-state index contributed by atoms with van der Waals surface area (Å²) >= 11 is 0. The van der Waals surface area contributed by atoms with E-state index in [0.717, 1.165) is 25.7 Å². The molecule has 0 heteroatoms. The van der Waals surface area contributed by atoms with Gasteiger partial charge in [-0.25, -0.2) is 0 Å². The summed E-state index contributed by atoms with van der Waals surface area (Å²) in [6.45, 7) is 8.67. The summed E-state index contributed by atoms with van der Waals surface area (Å²) in [7, 11) is 0. The van der Waals surface area contributed by atoms with Gasteiger partial charge in [-0.1, -0.05) is 59.7 Å². The van der Waals surface area contributed by atoms with Crippen LogP contribution in [0.25, 0.3) is 21.5 Å². The summed E-state index contributed by atoms with van der Waals surface area (Å²) in [6, 6.07) is 18.5.